The zero-order valence-corrected chi connectivity index (χ0v) is 14.9. The highest BCUT2D eigenvalue weighted by Gasteiger charge is 2.19. The van der Waals surface area contributed by atoms with Crippen molar-refractivity contribution in [2.75, 3.05) is 12.4 Å². The molecule has 1 N–H and O–H groups in total. The molecule has 0 bridgehead atoms. The lowest BCUT2D eigenvalue weighted by Gasteiger charge is -2.23. The predicted octanol–water partition coefficient (Wildman–Crippen LogP) is 4.06. The molecule has 0 saturated carbocycles. The lowest BCUT2D eigenvalue weighted by Crippen LogP contribution is -2.39. The zero-order chi connectivity index (χ0) is 17.0. The van der Waals surface area contributed by atoms with Gasteiger partial charge in [0.15, 0.2) is 5.78 Å². The number of nitrogens with zero attached hydrogens (tertiary/aromatic N) is 1. The molecule has 0 fully saturated rings. The minimum absolute atomic E-state index is 0.0270. The van der Waals surface area contributed by atoms with Crippen molar-refractivity contribution in [2.24, 2.45) is 0 Å². The average molecular weight is 351 g/mol. The highest BCUT2D eigenvalue weighted by atomic mass is 35.5. The predicted molar refractivity (Wildman–Crippen MR) is 95.3 cm³/mol. The maximum atomic E-state index is 12.4. The van der Waals surface area contributed by atoms with Crippen LogP contribution in [0.3, 0.4) is 0 Å². The van der Waals surface area contributed by atoms with Crippen LogP contribution >= 0.6 is 22.9 Å². The Morgan fingerprint density at radius 2 is 2.04 bits per heavy atom. The normalized spacial score (nSPS) is 12.2. The molecule has 1 aromatic carbocycles. The fourth-order valence-electron chi connectivity index (χ4n) is 2.08. The Morgan fingerprint density at radius 3 is 2.65 bits per heavy atom. The number of anilines is 1. The van der Waals surface area contributed by atoms with Gasteiger partial charge in [-0.15, -0.1) is 11.3 Å². The van der Waals surface area contributed by atoms with E-state index < -0.39 is 0 Å². The molecular weight excluding hydrogens is 332 g/mol. The lowest BCUT2D eigenvalue weighted by molar-refractivity contribution is -0.120. The summed E-state index contributed by atoms with van der Waals surface area (Å²) in [5, 5.41) is 2.85. The molecule has 0 unspecified atom stereocenters. The fraction of sp³-hybridized carbons (Fsp3) is 0.294. The van der Waals surface area contributed by atoms with Gasteiger partial charge in [-0.2, -0.15) is 0 Å². The van der Waals surface area contributed by atoms with Gasteiger partial charge in [0.2, 0.25) is 5.91 Å². The van der Waals surface area contributed by atoms with E-state index in [2.05, 4.69) is 5.32 Å². The van der Waals surface area contributed by atoms with Crippen molar-refractivity contribution in [3.8, 4) is 0 Å². The average Bonchev–Trinajstić information content (AvgIpc) is 2.91. The van der Waals surface area contributed by atoms with Crippen LogP contribution in [0, 0.1) is 0 Å². The fourth-order valence-corrected chi connectivity index (χ4v) is 3.23. The number of likely N-dealkylation sites (N-methyl/N-ethyl adjacent to an activating group) is 1. The van der Waals surface area contributed by atoms with E-state index >= 15 is 0 Å². The maximum absolute atomic E-state index is 12.4. The van der Waals surface area contributed by atoms with Gasteiger partial charge in [0.05, 0.1) is 10.4 Å². The first-order chi connectivity index (χ1) is 10.9. The number of Topliss-reactive ketones (excluding diaryl/α,β-unsaturated/α-hetero) is 1. The molecule has 122 valence electrons. The van der Waals surface area contributed by atoms with Crippen molar-refractivity contribution in [3.63, 3.8) is 0 Å². The van der Waals surface area contributed by atoms with Crippen molar-refractivity contribution >= 4 is 40.3 Å². The molecule has 0 radical (unpaired) electrons. The second-order valence-corrected chi connectivity index (χ2v) is 7.22. The molecule has 2 aromatic rings. The van der Waals surface area contributed by atoms with Gasteiger partial charge in [0, 0.05) is 22.7 Å². The van der Waals surface area contributed by atoms with Gasteiger partial charge in [0.25, 0.3) is 0 Å². The Hall–Kier alpha value is -1.69. The van der Waals surface area contributed by atoms with E-state index in [-0.39, 0.29) is 17.7 Å². The summed E-state index contributed by atoms with van der Waals surface area (Å²) >= 11 is 7.44. The molecule has 6 heteroatoms. The molecule has 1 amide bonds. The number of ketones is 1. The molecule has 0 saturated heterocycles. The summed E-state index contributed by atoms with van der Waals surface area (Å²) in [7, 11) is 1.89. The highest BCUT2D eigenvalue weighted by molar-refractivity contribution is 7.16. The molecule has 2 rings (SSSR count). The molecule has 0 spiro atoms. The monoisotopic (exact) mass is 350 g/mol. The summed E-state index contributed by atoms with van der Waals surface area (Å²) < 4.78 is 0.742. The van der Waals surface area contributed by atoms with Gasteiger partial charge < -0.3 is 5.32 Å². The molecule has 23 heavy (non-hydrogen) atoms. The van der Waals surface area contributed by atoms with Crippen LogP contribution in [0.25, 0.3) is 0 Å². The van der Waals surface area contributed by atoms with Crippen LogP contribution in [0.15, 0.2) is 36.4 Å². The van der Waals surface area contributed by atoms with Crippen LogP contribution in [-0.2, 0) is 11.3 Å². The standard InChI is InChI=1S/C17H19ClN2O2S/c1-11(20(3)10-15-7-8-16(18)23-15)17(22)19-14-6-4-5-13(9-14)12(2)21/h4-9,11H,10H2,1-3H3,(H,19,22)/t11-/m1/s1. The van der Waals surface area contributed by atoms with Gasteiger partial charge in [0.1, 0.15) is 0 Å². The van der Waals surface area contributed by atoms with E-state index in [1.807, 2.05) is 31.0 Å². The first-order valence-electron chi connectivity index (χ1n) is 7.23. The molecule has 1 atom stereocenters. The van der Waals surface area contributed by atoms with Crippen molar-refractivity contribution in [2.45, 2.75) is 26.4 Å². The number of thiophene rings is 1. The van der Waals surface area contributed by atoms with Gasteiger partial charge >= 0.3 is 0 Å². The number of hydrogen-bond acceptors (Lipinski definition) is 4. The number of carbonyl (C=O) groups excluding carboxylic acids is 2. The first-order valence-corrected chi connectivity index (χ1v) is 8.42. The zero-order valence-electron chi connectivity index (χ0n) is 13.3. The van der Waals surface area contributed by atoms with Crippen LogP contribution in [0.1, 0.15) is 29.1 Å². The molecule has 0 aliphatic rings. The van der Waals surface area contributed by atoms with Crippen molar-refractivity contribution in [1.82, 2.24) is 4.90 Å². The van der Waals surface area contributed by atoms with Crippen LogP contribution in [0.4, 0.5) is 5.69 Å². The maximum Gasteiger partial charge on any atom is 0.241 e. The molecule has 1 heterocycles. The van der Waals surface area contributed by atoms with Crippen LogP contribution in [-0.4, -0.2) is 29.7 Å². The van der Waals surface area contributed by atoms with Crippen molar-refractivity contribution < 1.29 is 9.59 Å². The van der Waals surface area contributed by atoms with E-state index in [1.54, 1.807) is 24.3 Å². The smallest absolute Gasteiger partial charge is 0.241 e. The summed E-state index contributed by atoms with van der Waals surface area (Å²) in [6, 6.07) is 10.5. The molecular formula is C17H19ClN2O2S. The van der Waals surface area contributed by atoms with Gasteiger partial charge in [-0.3, -0.25) is 14.5 Å². The molecule has 4 nitrogen and oxygen atoms in total. The van der Waals surface area contributed by atoms with Gasteiger partial charge in [-0.1, -0.05) is 23.7 Å². The number of nitrogens with one attached hydrogen (secondary N) is 1. The first kappa shape index (κ1) is 17.7. The second-order valence-electron chi connectivity index (χ2n) is 5.42. The highest BCUT2D eigenvalue weighted by Crippen LogP contribution is 2.23. The van der Waals surface area contributed by atoms with E-state index in [9.17, 15) is 9.59 Å². The Bertz CT molecular complexity index is 714. The van der Waals surface area contributed by atoms with Crippen LogP contribution in [0.5, 0.6) is 0 Å². The number of amides is 1. The molecule has 1 aromatic heterocycles. The Balaban J connectivity index is 1.99. The summed E-state index contributed by atoms with van der Waals surface area (Å²) in [5.74, 6) is -0.142. The summed E-state index contributed by atoms with van der Waals surface area (Å²) in [5.41, 5.74) is 1.21. The van der Waals surface area contributed by atoms with Crippen LogP contribution in [0.2, 0.25) is 4.34 Å². The van der Waals surface area contributed by atoms with Crippen molar-refractivity contribution in [1.29, 1.82) is 0 Å². The van der Waals surface area contributed by atoms with E-state index in [1.165, 1.54) is 18.3 Å². The number of hydrogen-bond donors (Lipinski definition) is 1. The van der Waals surface area contributed by atoms with E-state index in [0.717, 1.165) is 9.21 Å². The summed E-state index contributed by atoms with van der Waals surface area (Å²) in [6.07, 6.45) is 0. The summed E-state index contributed by atoms with van der Waals surface area (Å²) in [6.45, 7) is 4.00. The molecule has 0 aliphatic carbocycles. The third-order valence-electron chi connectivity index (χ3n) is 3.61. The minimum atomic E-state index is -0.308. The Morgan fingerprint density at radius 1 is 1.30 bits per heavy atom. The number of halogens is 1. The van der Waals surface area contributed by atoms with Crippen molar-refractivity contribution in [3.05, 3.63) is 51.2 Å². The Kier molecular flexibility index (Phi) is 5.93. The largest absolute Gasteiger partial charge is 0.325 e. The second kappa shape index (κ2) is 7.73. The van der Waals surface area contributed by atoms with E-state index in [0.29, 0.717) is 17.8 Å². The van der Waals surface area contributed by atoms with Gasteiger partial charge in [-0.05, 0) is 45.2 Å². The van der Waals surface area contributed by atoms with Gasteiger partial charge in [-0.25, -0.2) is 0 Å². The number of carbonyl (C=O) groups is 2. The lowest BCUT2D eigenvalue weighted by atomic mass is 10.1. The number of benzene rings is 1. The minimum Gasteiger partial charge on any atom is -0.325 e. The number of rotatable bonds is 6. The van der Waals surface area contributed by atoms with E-state index in [4.69, 9.17) is 11.6 Å². The summed E-state index contributed by atoms with van der Waals surface area (Å²) in [4.78, 5) is 26.8. The third kappa shape index (κ3) is 4.89. The van der Waals surface area contributed by atoms with Crippen LogP contribution < -0.4 is 5.32 Å². The quantitative estimate of drug-likeness (QED) is 0.799. The third-order valence-corrected chi connectivity index (χ3v) is 4.83. The Labute approximate surface area is 145 Å². The SMILES string of the molecule is CC(=O)c1cccc(NC(=O)[C@@H](C)N(C)Cc2ccc(Cl)s2)c1. The topological polar surface area (TPSA) is 49.4 Å². The molecule has 0 aliphatic heterocycles.